The molecular formula is C23H31N3. The molecule has 2 aromatic carbocycles. The van der Waals surface area contributed by atoms with Gasteiger partial charge in [-0.3, -0.25) is 0 Å². The zero-order chi connectivity index (χ0) is 18.2. The molecule has 0 fully saturated rings. The number of fused-ring (bicyclic) bond motifs is 1. The zero-order valence-electron chi connectivity index (χ0n) is 16.0. The number of hydrogen-bond donors (Lipinski definition) is 1. The molecule has 0 aliphatic carbocycles. The fourth-order valence-corrected chi connectivity index (χ4v) is 3.56. The van der Waals surface area contributed by atoms with Crippen LogP contribution in [0.25, 0.3) is 22.4 Å². The smallest absolute Gasteiger partial charge is 0.141 e. The van der Waals surface area contributed by atoms with E-state index in [4.69, 9.17) is 10.7 Å². The predicted octanol–water partition coefficient (Wildman–Crippen LogP) is 6.43. The Labute approximate surface area is 157 Å². The number of aryl methyl sites for hydroxylation is 1. The molecule has 1 aromatic heterocycles. The Balaban J connectivity index is 1.66. The number of rotatable bonds is 10. The Kier molecular flexibility index (Phi) is 6.70. The molecule has 3 nitrogen and oxygen atoms in total. The van der Waals surface area contributed by atoms with Crippen LogP contribution in [0, 0.1) is 0 Å². The minimum absolute atomic E-state index is 0.791. The highest BCUT2D eigenvalue weighted by molar-refractivity contribution is 5.80. The molecule has 0 aliphatic heterocycles. The van der Waals surface area contributed by atoms with Gasteiger partial charge in [0.05, 0.1) is 11.0 Å². The van der Waals surface area contributed by atoms with Crippen molar-refractivity contribution in [2.75, 3.05) is 5.73 Å². The third kappa shape index (κ3) is 4.66. The topological polar surface area (TPSA) is 43.8 Å². The van der Waals surface area contributed by atoms with Crippen LogP contribution in [0.3, 0.4) is 0 Å². The molecule has 26 heavy (non-hydrogen) atoms. The first-order valence-electron chi connectivity index (χ1n) is 10.1. The predicted molar refractivity (Wildman–Crippen MR) is 112 cm³/mol. The minimum atomic E-state index is 0.791. The summed E-state index contributed by atoms with van der Waals surface area (Å²) in [5, 5.41) is 0. The van der Waals surface area contributed by atoms with E-state index in [2.05, 4.69) is 47.9 Å². The summed E-state index contributed by atoms with van der Waals surface area (Å²) in [4.78, 5) is 4.88. The maximum absolute atomic E-state index is 5.85. The summed E-state index contributed by atoms with van der Waals surface area (Å²) in [7, 11) is 0. The normalized spacial score (nSPS) is 11.3. The van der Waals surface area contributed by atoms with Crippen molar-refractivity contribution in [2.24, 2.45) is 0 Å². The van der Waals surface area contributed by atoms with Crippen LogP contribution in [0.2, 0.25) is 0 Å². The third-order valence-electron chi connectivity index (χ3n) is 5.06. The van der Waals surface area contributed by atoms with E-state index in [-0.39, 0.29) is 0 Å². The Morgan fingerprint density at radius 3 is 2.19 bits per heavy atom. The fraction of sp³-hybridized carbons (Fsp3) is 0.435. The number of hydrogen-bond acceptors (Lipinski definition) is 2. The lowest BCUT2D eigenvalue weighted by Gasteiger charge is -2.10. The molecule has 1 heterocycles. The molecule has 0 atom stereocenters. The van der Waals surface area contributed by atoms with Gasteiger partial charge in [-0.05, 0) is 42.8 Å². The van der Waals surface area contributed by atoms with E-state index >= 15 is 0 Å². The van der Waals surface area contributed by atoms with E-state index in [1.54, 1.807) is 0 Å². The summed E-state index contributed by atoms with van der Waals surface area (Å²) in [5.41, 5.74) is 10.1. The van der Waals surface area contributed by atoms with E-state index in [0.717, 1.165) is 29.1 Å². The monoisotopic (exact) mass is 349 g/mol. The van der Waals surface area contributed by atoms with Crippen LogP contribution in [0.5, 0.6) is 0 Å². The van der Waals surface area contributed by atoms with Crippen LogP contribution in [-0.2, 0) is 6.54 Å². The van der Waals surface area contributed by atoms with Crippen molar-refractivity contribution in [3.63, 3.8) is 0 Å². The summed E-state index contributed by atoms with van der Waals surface area (Å²) >= 11 is 0. The highest BCUT2D eigenvalue weighted by Crippen LogP contribution is 2.26. The Hall–Kier alpha value is -2.29. The quantitative estimate of drug-likeness (QED) is 0.339. The van der Waals surface area contributed by atoms with Gasteiger partial charge in [-0.1, -0.05) is 64.0 Å². The van der Waals surface area contributed by atoms with Gasteiger partial charge < -0.3 is 10.3 Å². The summed E-state index contributed by atoms with van der Waals surface area (Å²) in [6, 6.07) is 16.5. The largest absolute Gasteiger partial charge is 0.399 e. The number of anilines is 1. The van der Waals surface area contributed by atoms with Gasteiger partial charge in [0.2, 0.25) is 0 Å². The summed E-state index contributed by atoms with van der Waals surface area (Å²) in [5.74, 6) is 1.05. The second-order valence-corrected chi connectivity index (χ2v) is 7.17. The van der Waals surface area contributed by atoms with Crippen LogP contribution < -0.4 is 5.73 Å². The number of nitrogens with zero attached hydrogens (tertiary/aromatic N) is 2. The van der Waals surface area contributed by atoms with Crippen molar-refractivity contribution in [2.45, 2.75) is 64.8 Å². The number of aromatic nitrogens is 2. The Morgan fingerprint density at radius 2 is 1.46 bits per heavy atom. The molecule has 3 rings (SSSR count). The van der Waals surface area contributed by atoms with Crippen LogP contribution in [-0.4, -0.2) is 9.55 Å². The lowest BCUT2D eigenvalue weighted by molar-refractivity contribution is 0.549. The van der Waals surface area contributed by atoms with Crippen molar-refractivity contribution >= 4 is 16.7 Å². The van der Waals surface area contributed by atoms with Gasteiger partial charge >= 0.3 is 0 Å². The first-order valence-corrected chi connectivity index (χ1v) is 10.1. The van der Waals surface area contributed by atoms with Crippen molar-refractivity contribution in [1.82, 2.24) is 9.55 Å². The second-order valence-electron chi connectivity index (χ2n) is 7.17. The van der Waals surface area contributed by atoms with Gasteiger partial charge in [-0.25, -0.2) is 4.98 Å². The molecule has 0 amide bonds. The molecule has 3 aromatic rings. The van der Waals surface area contributed by atoms with Crippen molar-refractivity contribution in [3.05, 3.63) is 48.5 Å². The number of unbranched alkanes of at least 4 members (excludes halogenated alkanes) is 7. The van der Waals surface area contributed by atoms with E-state index in [1.807, 2.05) is 12.1 Å². The molecule has 0 saturated heterocycles. The molecule has 3 heteroatoms. The van der Waals surface area contributed by atoms with Crippen LogP contribution in [0.1, 0.15) is 58.3 Å². The number of nitrogen functional groups attached to an aromatic ring is 1. The van der Waals surface area contributed by atoms with Crippen LogP contribution >= 0.6 is 0 Å². The standard InChI is InChI=1S/C23H31N3/c1-2-3-4-5-6-7-8-11-18-26-22-13-10-9-12-21(22)25-23(26)19-14-16-20(24)17-15-19/h9-10,12-17H,2-8,11,18,24H2,1H3. The molecular weight excluding hydrogens is 318 g/mol. The highest BCUT2D eigenvalue weighted by atomic mass is 15.1. The van der Waals surface area contributed by atoms with Crippen molar-refractivity contribution < 1.29 is 0 Å². The first kappa shape index (κ1) is 18.5. The summed E-state index contributed by atoms with van der Waals surface area (Å²) < 4.78 is 2.37. The van der Waals surface area contributed by atoms with Gasteiger partial charge in [0.1, 0.15) is 5.82 Å². The molecule has 0 bridgehead atoms. The minimum Gasteiger partial charge on any atom is -0.399 e. The number of imidazole rings is 1. The second kappa shape index (κ2) is 9.42. The Bertz CT molecular complexity index is 802. The molecule has 2 N–H and O–H groups in total. The maximum Gasteiger partial charge on any atom is 0.141 e. The molecule has 138 valence electrons. The van der Waals surface area contributed by atoms with Gasteiger partial charge in [-0.15, -0.1) is 0 Å². The average molecular weight is 350 g/mol. The maximum atomic E-state index is 5.85. The lowest BCUT2D eigenvalue weighted by atomic mass is 10.1. The molecule has 0 spiro atoms. The number of nitrogens with two attached hydrogens (primary N) is 1. The SMILES string of the molecule is CCCCCCCCCCn1c(-c2ccc(N)cc2)nc2ccccc21. The van der Waals surface area contributed by atoms with E-state index < -0.39 is 0 Å². The molecule has 0 radical (unpaired) electrons. The first-order chi connectivity index (χ1) is 12.8. The molecule has 0 aliphatic rings. The highest BCUT2D eigenvalue weighted by Gasteiger charge is 2.11. The fourth-order valence-electron chi connectivity index (χ4n) is 3.56. The van der Waals surface area contributed by atoms with E-state index in [0.29, 0.717) is 0 Å². The number of benzene rings is 2. The van der Waals surface area contributed by atoms with Crippen LogP contribution in [0.4, 0.5) is 5.69 Å². The average Bonchev–Trinajstić information content (AvgIpc) is 3.03. The molecule has 0 unspecified atom stereocenters. The van der Waals surface area contributed by atoms with Gasteiger partial charge in [0.25, 0.3) is 0 Å². The zero-order valence-corrected chi connectivity index (χ0v) is 16.0. The van der Waals surface area contributed by atoms with E-state index in [9.17, 15) is 0 Å². The van der Waals surface area contributed by atoms with Gasteiger partial charge in [0.15, 0.2) is 0 Å². The van der Waals surface area contributed by atoms with Gasteiger partial charge in [-0.2, -0.15) is 0 Å². The van der Waals surface area contributed by atoms with Crippen LogP contribution in [0.15, 0.2) is 48.5 Å². The lowest BCUT2D eigenvalue weighted by Crippen LogP contribution is -2.01. The summed E-state index contributed by atoms with van der Waals surface area (Å²) in [6.07, 6.45) is 10.7. The summed E-state index contributed by atoms with van der Waals surface area (Å²) in [6.45, 7) is 3.29. The van der Waals surface area contributed by atoms with E-state index in [1.165, 1.54) is 56.9 Å². The van der Waals surface area contributed by atoms with Crippen molar-refractivity contribution in [1.29, 1.82) is 0 Å². The van der Waals surface area contributed by atoms with Gasteiger partial charge in [0, 0.05) is 17.8 Å². The van der Waals surface area contributed by atoms with Crippen molar-refractivity contribution in [3.8, 4) is 11.4 Å². The molecule has 0 saturated carbocycles. The Morgan fingerprint density at radius 1 is 0.808 bits per heavy atom. The third-order valence-corrected chi connectivity index (χ3v) is 5.06. The number of para-hydroxylation sites is 2.